The predicted octanol–water partition coefficient (Wildman–Crippen LogP) is 2.57. The molecular formula is C16H25N3. The Labute approximate surface area is 116 Å². The maximum absolute atomic E-state index is 3.04. The van der Waals surface area contributed by atoms with Crippen LogP contribution in [-0.2, 0) is 6.42 Å². The quantitative estimate of drug-likeness (QED) is 0.896. The first-order valence-electron chi connectivity index (χ1n) is 7.04. The Balaban J connectivity index is 2.13. The van der Waals surface area contributed by atoms with E-state index in [4.69, 9.17) is 0 Å². The molecule has 0 fully saturated rings. The van der Waals surface area contributed by atoms with Crippen molar-refractivity contribution in [3.8, 4) is 0 Å². The molecule has 0 aromatic heterocycles. The topological polar surface area (TPSA) is 18.5 Å². The molecule has 2 atom stereocenters. The Hall–Kier alpha value is -1.48. The molecule has 1 aromatic rings. The van der Waals surface area contributed by atoms with E-state index in [-0.39, 0.29) is 0 Å². The molecule has 3 nitrogen and oxygen atoms in total. The summed E-state index contributed by atoms with van der Waals surface area (Å²) in [7, 11) is 4.06. The maximum Gasteiger partial charge on any atom is 0.0788 e. The molecule has 0 spiro atoms. The molecule has 0 radical (unpaired) electrons. The van der Waals surface area contributed by atoms with Crippen molar-refractivity contribution in [1.29, 1.82) is 0 Å². The number of fused-ring (bicyclic) bond motifs is 1. The van der Waals surface area contributed by atoms with Gasteiger partial charge in [-0.1, -0.05) is 24.3 Å². The first kappa shape index (κ1) is 13.9. The number of nitrogens with one attached hydrogen (secondary N) is 1. The Kier molecular flexibility index (Phi) is 4.48. The summed E-state index contributed by atoms with van der Waals surface area (Å²) in [4.78, 5) is 4.81. The van der Waals surface area contributed by atoms with Crippen molar-refractivity contribution >= 4 is 0 Å². The lowest BCUT2D eigenvalue weighted by atomic mass is 9.93. The van der Waals surface area contributed by atoms with Crippen molar-refractivity contribution < 1.29 is 0 Å². The summed E-state index contributed by atoms with van der Waals surface area (Å²) in [6.45, 7) is 5.70. The largest absolute Gasteiger partial charge is 0.393 e. The van der Waals surface area contributed by atoms with Crippen LogP contribution in [0.1, 0.15) is 31.0 Å². The molecule has 19 heavy (non-hydrogen) atoms. The van der Waals surface area contributed by atoms with E-state index < -0.39 is 0 Å². The van der Waals surface area contributed by atoms with Gasteiger partial charge in [0.15, 0.2) is 0 Å². The molecule has 0 saturated carbocycles. The third kappa shape index (κ3) is 2.92. The van der Waals surface area contributed by atoms with Crippen LogP contribution in [0.25, 0.3) is 0 Å². The minimum Gasteiger partial charge on any atom is -0.393 e. The summed E-state index contributed by atoms with van der Waals surface area (Å²) < 4.78 is 0. The summed E-state index contributed by atoms with van der Waals surface area (Å²) in [5.41, 5.74) is 2.98. The number of hydrogen-bond acceptors (Lipinski definition) is 3. The fourth-order valence-electron chi connectivity index (χ4n) is 2.85. The molecule has 1 aliphatic rings. The van der Waals surface area contributed by atoms with E-state index in [1.807, 2.05) is 13.2 Å². The van der Waals surface area contributed by atoms with Crippen LogP contribution in [0.4, 0.5) is 0 Å². The van der Waals surface area contributed by atoms with Crippen LogP contribution >= 0.6 is 0 Å². The van der Waals surface area contributed by atoms with Crippen molar-refractivity contribution in [1.82, 2.24) is 15.1 Å². The minimum atomic E-state index is 0.396. The summed E-state index contributed by atoms with van der Waals surface area (Å²) in [5, 5.41) is 3.04. The van der Waals surface area contributed by atoms with Gasteiger partial charge in [-0.05, 0) is 31.4 Å². The lowest BCUT2D eigenvalue weighted by molar-refractivity contribution is 0.0636. The summed E-state index contributed by atoms with van der Waals surface area (Å²) in [6.07, 6.45) is 5.61. The number of hydrogen-bond donors (Lipinski definition) is 1. The van der Waals surface area contributed by atoms with E-state index in [2.05, 4.69) is 66.5 Å². The van der Waals surface area contributed by atoms with E-state index in [0.29, 0.717) is 12.2 Å². The van der Waals surface area contributed by atoms with Gasteiger partial charge in [0.05, 0.1) is 6.17 Å². The van der Waals surface area contributed by atoms with Gasteiger partial charge < -0.3 is 10.2 Å². The monoisotopic (exact) mass is 259 g/mol. The van der Waals surface area contributed by atoms with Gasteiger partial charge in [-0.15, -0.1) is 0 Å². The fourth-order valence-corrected chi connectivity index (χ4v) is 2.85. The van der Waals surface area contributed by atoms with Crippen molar-refractivity contribution in [3.63, 3.8) is 0 Å². The van der Waals surface area contributed by atoms with Crippen LogP contribution in [0.2, 0.25) is 0 Å². The van der Waals surface area contributed by atoms with Gasteiger partial charge >= 0.3 is 0 Å². The normalized spacial score (nSPS) is 21.2. The van der Waals surface area contributed by atoms with E-state index in [1.54, 1.807) is 0 Å². The smallest absolute Gasteiger partial charge is 0.0788 e. The molecule has 0 aliphatic carbocycles. The van der Waals surface area contributed by atoms with Crippen LogP contribution in [-0.4, -0.2) is 36.6 Å². The lowest BCUT2D eigenvalue weighted by Gasteiger charge is -2.42. The standard InChI is InChI=1S/C16H25N3/c1-13-16-8-6-5-7-15(16)9-11-19(13)14(2)18(4)12-10-17-3/h5-8,10,12-14,17H,9,11H2,1-4H3/b12-10-/t13-,14?/m1/s1. The highest BCUT2D eigenvalue weighted by atomic mass is 15.3. The molecule has 1 aliphatic heterocycles. The third-order valence-corrected chi connectivity index (χ3v) is 4.19. The molecule has 1 aromatic carbocycles. The maximum atomic E-state index is 3.04. The molecule has 2 rings (SSSR count). The highest BCUT2D eigenvalue weighted by molar-refractivity contribution is 5.32. The molecule has 0 saturated heterocycles. The Morgan fingerprint density at radius 3 is 2.89 bits per heavy atom. The van der Waals surface area contributed by atoms with Gasteiger partial charge in [-0.2, -0.15) is 0 Å². The fraction of sp³-hybridized carbons (Fsp3) is 0.500. The van der Waals surface area contributed by atoms with Gasteiger partial charge in [0, 0.05) is 39.1 Å². The number of rotatable bonds is 4. The Bertz CT molecular complexity index is 441. The average molecular weight is 259 g/mol. The second-order valence-electron chi connectivity index (χ2n) is 5.26. The molecule has 0 bridgehead atoms. The number of benzene rings is 1. The van der Waals surface area contributed by atoms with Crippen molar-refractivity contribution in [2.45, 2.75) is 32.5 Å². The van der Waals surface area contributed by atoms with E-state index in [9.17, 15) is 0 Å². The van der Waals surface area contributed by atoms with Crippen LogP contribution < -0.4 is 5.32 Å². The summed E-state index contributed by atoms with van der Waals surface area (Å²) in [5.74, 6) is 0. The van der Waals surface area contributed by atoms with Gasteiger partial charge in [0.1, 0.15) is 0 Å². The van der Waals surface area contributed by atoms with Gasteiger partial charge in [0.2, 0.25) is 0 Å². The molecule has 1 N–H and O–H groups in total. The first-order chi connectivity index (χ1) is 9.15. The van der Waals surface area contributed by atoms with E-state index >= 15 is 0 Å². The van der Waals surface area contributed by atoms with Crippen LogP contribution in [0.3, 0.4) is 0 Å². The van der Waals surface area contributed by atoms with E-state index in [0.717, 1.165) is 13.0 Å². The zero-order chi connectivity index (χ0) is 13.8. The Morgan fingerprint density at radius 1 is 1.42 bits per heavy atom. The zero-order valence-electron chi connectivity index (χ0n) is 12.4. The summed E-state index contributed by atoms with van der Waals surface area (Å²) >= 11 is 0. The second-order valence-corrected chi connectivity index (χ2v) is 5.26. The van der Waals surface area contributed by atoms with Gasteiger partial charge in [-0.3, -0.25) is 4.90 Å². The molecule has 1 unspecified atom stereocenters. The zero-order valence-corrected chi connectivity index (χ0v) is 12.4. The van der Waals surface area contributed by atoms with Crippen LogP contribution in [0.15, 0.2) is 36.7 Å². The van der Waals surface area contributed by atoms with E-state index in [1.165, 1.54) is 11.1 Å². The highest BCUT2D eigenvalue weighted by Crippen LogP contribution is 2.31. The third-order valence-electron chi connectivity index (χ3n) is 4.19. The molecule has 3 heteroatoms. The van der Waals surface area contributed by atoms with Crippen molar-refractivity contribution in [3.05, 3.63) is 47.8 Å². The van der Waals surface area contributed by atoms with Gasteiger partial charge in [-0.25, -0.2) is 0 Å². The van der Waals surface area contributed by atoms with Gasteiger partial charge in [0.25, 0.3) is 0 Å². The van der Waals surface area contributed by atoms with Crippen molar-refractivity contribution in [2.75, 3.05) is 20.6 Å². The SMILES string of the molecule is CN/C=C\N(C)C(C)N1CCc2ccccc2[C@H]1C. The molecule has 104 valence electrons. The molecule has 0 amide bonds. The van der Waals surface area contributed by atoms with Crippen molar-refractivity contribution in [2.24, 2.45) is 0 Å². The Morgan fingerprint density at radius 2 is 2.16 bits per heavy atom. The second kappa shape index (κ2) is 6.11. The predicted molar refractivity (Wildman–Crippen MR) is 80.7 cm³/mol. The lowest BCUT2D eigenvalue weighted by Crippen LogP contribution is -2.46. The van der Waals surface area contributed by atoms with Crippen LogP contribution in [0.5, 0.6) is 0 Å². The minimum absolute atomic E-state index is 0.396. The highest BCUT2D eigenvalue weighted by Gasteiger charge is 2.28. The number of nitrogens with zero attached hydrogens (tertiary/aromatic N) is 2. The first-order valence-corrected chi connectivity index (χ1v) is 7.04. The average Bonchev–Trinajstić information content (AvgIpc) is 2.44. The summed E-state index contributed by atoms with van der Waals surface area (Å²) in [6, 6.07) is 9.30. The van der Waals surface area contributed by atoms with Crippen LogP contribution in [0, 0.1) is 0 Å². The molecule has 1 heterocycles. The molecular weight excluding hydrogens is 234 g/mol.